The van der Waals surface area contributed by atoms with E-state index >= 15 is 0 Å². The molecule has 5 aromatic rings. The van der Waals surface area contributed by atoms with Gasteiger partial charge in [0.2, 0.25) is 0 Å². The molecule has 0 saturated carbocycles. The van der Waals surface area contributed by atoms with Gasteiger partial charge in [0.25, 0.3) is 0 Å². The quantitative estimate of drug-likeness (QED) is 0.309. The van der Waals surface area contributed by atoms with Crippen LogP contribution in [0.1, 0.15) is 0 Å². The summed E-state index contributed by atoms with van der Waals surface area (Å²) >= 11 is 6.24. The van der Waals surface area contributed by atoms with Crippen molar-refractivity contribution in [2.75, 3.05) is 13.2 Å². The molecule has 0 aliphatic carbocycles. The second-order valence-corrected chi connectivity index (χ2v) is 7.98. The molecule has 0 spiro atoms. The fourth-order valence-electron chi connectivity index (χ4n) is 3.88. The lowest BCUT2D eigenvalue weighted by atomic mass is 10.0. The first kappa shape index (κ1) is 19.7. The van der Waals surface area contributed by atoms with E-state index in [1.807, 2.05) is 78.9 Å². The van der Waals surface area contributed by atoms with Crippen LogP contribution in [-0.4, -0.2) is 24.4 Å². The Morgan fingerprint density at radius 1 is 0.645 bits per heavy atom. The van der Waals surface area contributed by atoms with Gasteiger partial charge >= 0.3 is 0 Å². The Morgan fingerprint density at radius 3 is 2.19 bits per heavy atom. The highest BCUT2D eigenvalue weighted by Crippen LogP contribution is 2.36. The van der Waals surface area contributed by atoms with Crippen LogP contribution in [0.4, 0.5) is 0 Å². The number of benzene rings is 5. The van der Waals surface area contributed by atoms with E-state index in [0.29, 0.717) is 5.02 Å². The molecule has 1 N–H and O–H groups in total. The van der Waals surface area contributed by atoms with Gasteiger partial charge in [-0.05, 0) is 40.4 Å². The molecule has 0 aliphatic heterocycles. The van der Waals surface area contributed by atoms with Crippen LogP contribution in [0.15, 0.2) is 91.0 Å². The number of aliphatic hydroxyl groups is 1. The Balaban J connectivity index is 1.37. The minimum atomic E-state index is -0.785. The van der Waals surface area contributed by atoms with Crippen LogP contribution in [0.25, 0.3) is 32.3 Å². The van der Waals surface area contributed by atoms with E-state index < -0.39 is 6.10 Å². The Labute approximate surface area is 185 Å². The van der Waals surface area contributed by atoms with Crippen LogP contribution in [0.2, 0.25) is 5.02 Å². The van der Waals surface area contributed by atoms with Gasteiger partial charge in [-0.2, -0.15) is 0 Å². The SMILES string of the molecule is OC(COc1cccc2ccccc12)COc1c2ccccc2cc2ccc(Cl)cc12. The van der Waals surface area contributed by atoms with Crippen molar-refractivity contribution in [3.8, 4) is 11.5 Å². The predicted octanol–water partition coefficient (Wildman–Crippen LogP) is 6.62. The first-order valence-corrected chi connectivity index (χ1v) is 10.6. The van der Waals surface area contributed by atoms with E-state index in [0.717, 1.165) is 43.8 Å². The predicted molar refractivity (Wildman–Crippen MR) is 127 cm³/mol. The summed E-state index contributed by atoms with van der Waals surface area (Å²) < 4.78 is 12.0. The van der Waals surface area contributed by atoms with Gasteiger partial charge in [-0.15, -0.1) is 0 Å². The van der Waals surface area contributed by atoms with E-state index in [9.17, 15) is 5.11 Å². The fourth-order valence-corrected chi connectivity index (χ4v) is 4.06. The van der Waals surface area contributed by atoms with E-state index in [1.54, 1.807) is 0 Å². The number of aliphatic hydroxyl groups excluding tert-OH is 1. The molecule has 1 atom stereocenters. The zero-order valence-corrected chi connectivity index (χ0v) is 17.5. The van der Waals surface area contributed by atoms with Crippen molar-refractivity contribution in [2.45, 2.75) is 6.10 Å². The maximum absolute atomic E-state index is 10.6. The molecule has 0 amide bonds. The standard InChI is InChI=1S/C27H21ClO3/c28-21-13-12-20-14-19-7-2-4-10-24(19)27(25(20)15-21)31-17-22(29)16-30-26-11-5-8-18-6-1-3-9-23(18)26/h1-15,22,29H,16-17H2. The van der Waals surface area contributed by atoms with Gasteiger partial charge in [-0.25, -0.2) is 0 Å². The number of rotatable bonds is 6. The number of hydrogen-bond acceptors (Lipinski definition) is 3. The topological polar surface area (TPSA) is 38.7 Å². The van der Waals surface area contributed by atoms with Gasteiger partial charge in [0.05, 0.1) is 0 Å². The van der Waals surface area contributed by atoms with Gasteiger partial charge in [0, 0.05) is 21.2 Å². The molecule has 5 aromatic carbocycles. The smallest absolute Gasteiger partial charge is 0.135 e. The lowest BCUT2D eigenvalue weighted by molar-refractivity contribution is 0.0642. The molecule has 31 heavy (non-hydrogen) atoms. The molecule has 0 fully saturated rings. The first-order chi connectivity index (χ1) is 15.2. The third-order valence-corrected chi connectivity index (χ3v) is 5.61. The van der Waals surface area contributed by atoms with Crippen LogP contribution in [0, 0.1) is 0 Å². The maximum atomic E-state index is 10.6. The van der Waals surface area contributed by atoms with Gasteiger partial charge in [-0.3, -0.25) is 0 Å². The van der Waals surface area contributed by atoms with Crippen molar-refractivity contribution in [1.29, 1.82) is 0 Å². The normalized spacial score (nSPS) is 12.3. The molecule has 3 nitrogen and oxygen atoms in total. The minimum Gasteiger partial charge on any atom is -0.490 e. The molecule has 5 rings (SSSR count). The minimum absolute atomic E-state index is 0.111. The number of fused-ring (bicyclic) bond motifs is 3. The van der Waals surface area contributed by atoms with E-state index in [-0.39, 0.29) is 13.2 Å². The van der Waals surface area contributed by atoms with Crippen molar-refractivity contribution in [1.82, 2.24) is 0 Å². The second-order valence-electron chi connectivity index (χ2n) is 7.55. The van der Waals surface area contributed by atoms with Crippen molar-refractivity contribution in [3.05, 3.63) is 96.0 Å². The summed E-state index contributed by atoms with van der Waals surface area (Å²) in [5.41, 5.74) is 0. The van der Waals surface area contributed by atoms with Crippen molar-refractivity contribution >= 4 is 43.9 Å². The Morgan fingerprint density at radius 2 is 1.32 bits per heavy atom. The summed E-state index contributed by atoms with van der Waals surface area (Å²) in [6, 6.07) is 29.9. The first-order valence-electron chi connectivity index (χ1n) is 10.2. The average Bonchev–Trinajstić information content (AvgIpc) is 2.80. The highest BCUT2D eigenvalue weighted by Gasteiger charge is 2.13. The molecule has 0 aliphatic rings. The van der Waals surface area contributed by atoms with Gasteiger partial charge in [0.15, 0.2) is 0 Å². The van der Waals surface area contributed by atoms with Crippen molar-refractivity contribution in [3.63, 3.8) is 0 Å². The van der Waals surface area contributed by atoms with Gasteiger partial charge in [0.1, 0.15) is 30.8 Å². The third-order valence-electron chi connectivity index (χ3n) is 5.38. The lowest BCUT2D eigenvalue weighted by Gasteiger charge is -2.17. The number of halogens is 1. The summed E-state index contributed by atoms with van der Waals surface area (Å²) in [6.07, 6.45) is -0.785. The molecule has 1 unspecified atom stereocenters. The zero-order chi connectivity index (χ0) is 21.2. The van der Waals surface area contributed by atoms with Gasteiger partial charge in [-0.1, -0.05) is 78.3 Å². The highest BCUT2D eigenvalue weighted by molar-refractivity contribution is 6.31. The summed E-state index contributed by atoms with van der Waals surface area (Å²) in [7, 11) is 0. The van der Waals surface area contributed by atoms with E-state index in [1.165, 1.54) is 0 Å². The number of ether oxygens (including phenoxy) is 2. The maximum Gasteiger partial charge on any atom is 0.135 e. The Kier molecular flexibility index (Phi) is 5.37. The van der Waals surface area contributed by atoms with E-state index in [2.05, 4.69) is 12.1 Å². The average molecular weight is 429 g/mol. The molecule has 0 saturated heterocycles. The molecule has 0 radical (unpaired) electrons. The number of hydrogen-bond donors (Lipinski definition) is 1. The largest absolute Gasteiger partial charge is 0.490 e. The van der Waals surface area contributed by atoms with Crippen LogP contribution in [0.3, 0.4) is 0 Å². The Bertz CT molecular complexity index is 1370. The summed E-state index contributed by atoms with van der Waals surface area (Å²) in [5.74, 6) is 1.47. The highest BCUT2D eigenvalue weighted by atomic mass is 35.5. The fraction of sp³-hybridized carbons (Fsp3) is 0.111. The van der Waals surface area contributed by atoms with Crippen LogP contribution in [0.5, 0.6) is 11.5 Å². The summed E-state index contributed by atoms with van der Waals surface area (Å²) in [5, 5.41) is 17.4. The molecule has 0 heterocycles. The Hall–Kier alpha value is -3.27. The van der Waals surface area contributed by atoms with Gasteiger partial charge < -0.3 is 14.6 Å². The zero-order valence-electron chi connectivity index (χ0n) is 16.8. The molecule has 0 aromatic heterocycles. The molecule has 154 valence electrons. The van der Waals surface area contributed by atoms with Crippen LogP contribution < -0.4 is 9.47 Å². The third kappa shape index (κ3) is 4.02. The molecular formula is C27H21ClO3. The summed E-state index contributed by atoms with van der Waals surface area (Å²) in [4.78, 5) is 0. The van der Waals surface area contributed by atoms with Crippen LogP contribution in [-0.2, 0) is 0 Å². The molecule has 0 bridgehead atoms. The summed E-state index contributed by atoms with van der Waals surface area (Å²) in [6.45, 7) is 0.248. The second kappa shape index (κ2) is 8.46. The molecular weight excluding hydrogens is 408 g/mol. The van der Waals surface area contributed by atoms with E-state index in [4.69, 9.17) is 21.1 Å². The van der Waals surface area contributed by atoms with Crippen LogP contribution >= 0.6 is 11.6 Å². The van der Waals surface area contributed by atoms with Crippen molar-refractivity contribution in [2.24, 2.45) is 0 Å². The monoisotopic (exact) mass is 428 g/mol. The molecule has 4 heteroatoms. The lowest BCUT2D eigenvalue weighted by Crippen LogP contribution is -2.25. The van der Waals surface area contributed by atoms with Crippen molar-refractivity contribution < 1.29 is 14.6 Å².